The van der Waals surface area contributed by atoms with Crippen molar-refractivity contribution < 1.29 is 19.1 Å². The maximum absolute atomic E-state index is 12.2. The highest BCUT2D eigenvalue weighted by Gasteiger charge is 2.21. The number of aryl methyl sites for hydroxylation is 1. The first-order valence-electron chi connectivity index (χ1n) is 11.8. The van der Waals surface area contributed by atoms with Crippen molar-refractivity contribution in [1.82, 2.24) is 14.5 Å². The molecule has 31 heavy (non-hydrogen) atoms. The minimum atomic E-state index is -0.246. The van der Waals surface area contributed by atoms with Crippen LogP contribution in [-0.2, 0) is 25.6 Å². The van der Waals surface area contributed by atoms with Gasteiger partial charge in [0.2, 0.25) is 0 Å². The van der Waals surface area contributed by atoms with Crippen LogP contribution in [0.2, 0.25) is 0 Å². The molecule has 7 nitrogen and oxygen atoms in total. The van der Waals surface area contributed by atoms with Gasteiger partial charge in [-0.2, -0.15) is 0 Å². The van der Waals surface area contributed by atoms with Crippen LogP contribution in [0.5, 0.6) is 0 Å². The number of nitrogens with zero attached hydrogens (tertiary/aromatic N) is 3. The molecule has 0 saturated heterocycles. The molecule has 0 aliphatic carbocycles. The van der Waals surface area contributed by atoms with E-state index in [1.165, 1.54) is 0 Å². The summed E-state index contributed by atoms with van der Waals surface area (Å²) in [6, 6.07) is 0. The number of aromatic nitrogens is 2. The molecule has 0 aliphatic heterocycles. The van der Waals surface area contributed by atoms with Crippen LogP contribution < -0.4 is 0 Å². The van der Waals surface area contributed by atoms with Gasteiger partial charge in [0.1, 0.15) is 6.10 Å². The van der Waals surface area contributed by atoms with Crippen molar-refractivity contribution >= 4 is 11.9 Å². The first-order chi connectivity index (χ1) is 14.7. The smallest absolute Gasteiger partial charge is 0.306 e. The van der Waals surface area contributed by atoms with E-state index in [-0.39, 0.29) is 23.6 Å². The van der Waals surface area contributed by atoms with Gasteiger partial charge in [-0.3, -0.25) is 14.5 Å². The quantitative estimate of drug-likeness (QED) is 0.278. The minimum Gasteiger partial charge on any atom is -0.466 e. The number of carbonyl (C=O) groups is 2. The van der Waals surface area contributed by atoms with E-state index in [1.54, 1.807) is 6.20 Å². The summed E-state index contributed by atoms with van der Waals surface area (Å²) in [6.07, 6.45) is 11.6. The highest BCUT2D eigenvalue weighted by atomic mass is 16.6. The third-order valence-electron chi connectivity index (χ3n) is 5.27. The molecule has 0 fully saturated rings. The lowest BCUT2D eigenvalue weighted by molar-refractivity contribution is -0.150. The van der Waals surface area contributed by atoms with Gasteiger partial charge in [-0.25, -0.2) is 4.98 Å². The molecule has 0 N–H and O–H groups in total. The van der Waals surface area contributed by atoms with Gasteiger partial charge in [0.05, 0.1) is 12.9 Å². The van der Waals surface area contributed by atoms with Gasteiger partial charge >= 0.3 is 11.9 Å². The third kappa shape index (κ3) is 13.2. The minimum absolute atomic E-state index is 0.0487. The fraction of sp³-hybridized carbons (Fsp3) is 0.792. The van der Waals surface area contributed by atoms with Crippen molar-refractivity contribution in [2.24, 2.45) is 0 Å². The van der Waals surface area contributed by atoms with Crippen LogP contribution in [0.1, 0.15) is 86.0 Å². The van der Waals surface area contributed by atoms with Crippen LogP contribution in [0.25, 0.3) is 0 Å². The molecule has 1 heterocycles. The Kier molecular flexibility index (Phi) is 13.1. The lowest BCUT2D eigenvalue weighted by Crippen LogP contribution is -2.43. The molecule has 0 amide bonds. The van der Waals surface area contributed by atoms with Crippen molar-refractivity contribution in [2.45, 2.75) is 104 Å². The van der Waals surface area contributed by atoms with Crippen LogP contribution in [0.4, 0.5) is 0 Å². The molecule has 1 aromatic rings. The topological polar surface area (TPSA) is 73.7 Å². The van der Waals surface area contributed by atoms with Crippen molar-refractivity contribution in [3.8, 4) is 0 Å². The second kappa shape index (κ2) is 15.0. The number of esters is 2. The SMILES string of the molecule is CCCCCC(=O)OCC[C@@H](C)OC(=O)CCCN(CCCn1ccnc1)C(C)(C)C. The highest BCUT2D eigenvalue weighted by Crippen LogP contribution is 2.15. The first-order valence-corrected chi connectivity index (χ1v) is 11.8. The molecule has 7 heteroatoms. The molecule has 1 rings (SSSR count). The average Bonchev–Trinajstić information content (AvgIpc) is 3.19. The number of ether oxygens (including phenoxy) is 2. The Morgan fingerprint density at radius 3 is 2.42 bits per heavy atom. The summed E-state index contributed by atoms with van der Waals surface area (Å²) in [7, 11) is 0. The molecule has 0 bridgehead atoms. The van der Waals surface area contributed by atoms with Crippen molar-refractivity contribution in [2.75, 3.05) is 19.7 Å². The number of hydrogen-bond donors (Lipinski definition) is 0. The van der Waals surface area contributed by atoms with Crippen LogP contribution >= 0.6 is 0 Å². The predicted octanol–water partition coefficient (Wildman–Crippen LogP) is 4.60. The van der Waals surface area contributed by atoms with Gasteiger partial charge < -0.3 is 14.0 Å². The molecule has 0 aromatic carbocycles. The fourth-order valence-electron chi connectivity index (χ4n) is 3.33. The van der Waals surface area contributed by atoms with Crippen LogP contribution in [0, 0.1) is 0 Å². The Morgan fingerprint density at radius 2 is 1.77 bits per heavy atom. The van der Waals surface area contributed by atoms with Crippen molar-refractivity contribution in [3.63, 3.8) is 0 Å². The lowest BCUT2D eigenvalue weighted by atomic mass is 10.0. The largest absolute Gasteiger partial charge is 0.466 e. The van der Waals surface area contributed by atoms with Crippen LogP contribution in [0.15, 0.2) is 18.7 Å². The number of imidazole rings is 1. The zero-order valence-electron chi connectivity index (χ0n) is 20.3. The molecular weight excluding hydrogens is 394 g/mol. The molecule has 0 unspecified atom stereocenters. The number of hydrogen-bond acceptors (Lipinski definition) is 6. The van der Waals surface area contributed by atoms with E-state index < -0.39 is 0 Å². The summed E-state index contributed by atoms with van der Waals surface area (Å²) in [5, 5.41) is 0. The molecule has 1 atom stereocenters. The number of carbonyl (C=O) groups excluding carboxylic acids is 2. The van der Waals surface area contributed by atoms with Gasteiger partial charge in [-0.15, -0.1) is 0 Å². The molecule has 0 aliphatic rings. The maximum atomic E-state index is 12.2. The second-order valence-corrected chi connectivity index (χ2v) is 9.18. The van der Waals surface area contributed by atoms with Gasteiger partial charge in [0.15, 0.2) is 0 Å². The Bertz CT molecular complexity index is 611. The molecular formula is C24H43N3O4. The van der Waals surface area contributed by atoms with Gasteiger partial charge in [-0.05, 0) is 53.5 Å². The average molecular weight is 438 g/mol. The second-order valence-electron chi connectivity index (χ2n) is 9.18. The van der Waals surface area contributed by atoms with E-state index in [4.69, 9.17) is 9.47 Å². The van der Waals surface area contributed by atoms with E-state index in [0.717, 1.165) is 51.7 Å². The normalized spacial score (nSPS) is 12.7. The monoisotopic (exact) mass is 437 g/mol. The number of rotatable bonds is 16. The van der Waals surface area contributed by atoms with Crippen molar-refractivity contribution in [1.29, 1.82) is 0 Å². The summed E-state index contributed by atoms with van der Waals surface area (Å²) in [6.45, 7) is 13.6. The standard InChI is InChI=1S/C24H43N3O4/c1-6-7-8-11-22(28)30-19-13-21(2)31-23(29)12-9-16-27(24(3,4)5)17-10-15-26-18-14-25-20-26/h14,18,20-21H,6-13,15-17,19H2,1-5H3/t21-/m1/s1. The fourth-order valence-corrected chi connectivity index (χ4v) is 3.33. The summed E-state index contributed by atoms with van der Waals surface area (Å²) >= 11 is 0. The summed E-state index contributed by atoms with van der Waals surface area (Å²) in [5.74, 6) is -0.351. The van der Waals surface area contributed by atoms with E-state index in [0.29, 0.717) is 25.9 Å². The Labute approximate surface area is 188 Å². The van der Waals surface area contributed by atoms with Crippen LogP contribution in [-0.4, -0.2) is 57.7 Å². The Balaban J connectivity index is 2.20. The van der Waals surface area contributed by atoms with Crippen LogP contribution in [0.3, 0.4) is 0 Å². The highest BCUT2D eigenvalue weighted by molar-refractivity contribution is 5.69. The van der Waals surface area contributed by atoms with E-state index >= 15 is 0 Å². The first kappa shape index (κ1) is 27.1. The third-order valence-corrected chi connectivity index (χ3v) is 5.27. The van der Waals surface area contributed by atoms with Gasteiger partial charge in [-0.1, -0.05) is 19.8 Å². The number of unbranched alkanes of at least 4 members (excludes halogenated alkanes) is 2. The lowest BCUT2D eigenvalue weighted by Gasteiger charge is -2.35. The molecule has 0 saturated carbocycles. The van der Waals surface area contributed by atoms with Crippen molar-refractivity contribution in [3.05, 3.63) is 18.7 Å². The molecule has 0 radical (unpaired) electrons. The zero-order chi connectivity index (χ0) is 23.1. The summed E-state index contributed by atoms with van der Waals surface area (Å²) < 4.78 is 12.8. The van der Waals surface area contributed by atoms with Gasteiger partial charge in [0, 0.05) is 50.3 Å². The Morgan fingerprint density at radius 1 is 1.06 bits per heavy atom. The van der Waals surface area contributed by atoms with E-state index in [2.05, 4.69) is 42.1 Å². The molecule has 1 aromatic heterocycles. The summed E-state index contributed by atoms with van der Waals surface area (Å²) in [5.41, 5.74) is 0.0487. The molecule has 178 valence electrons. The predicted molar refractivity (Wildman–Crippen MR) is 123 cm³/mol. The summed E-state index contributed by atoms with van der Waals surface area (Å²) in [4.78, 5) is 30.3. The van der Waals surface area contributed by atoms with E-state index in [1.807, 2.05) is 19.4 Å². The zero-order valence-corrected chi connectivity index (χ0v) is 20.3. The van der Waals surface area contributed by atoms with Gasteiger partial charge in [0.25, 0.3) is 0 Å². The molecule has 0 spiro atoms. The van der Waals surface area contributed by atoms with E-state index in [9.17, 15) is 9.59 Å². The Hall–Kier alpha value is -1.89. The maximum Gasteiger partial charge on any atom is 0.306 e.